The number of piperidine rings is 3. The van der Waals surface area contributed by atoms with Crippen LogP contribution in [0.3, 0.4) is 0 Å². The predicted octanol–water partition coefficient (Wildman–Crippen LogP) is 4.34. The number of ether oxygens (including phenoxy) is 1. The van der Waals surface area contributed by atoms with E-state index in [2.05, 4.69) is 4.90 Å². The van der Waals surface area contributed by atoms with Gasteiger partial charge in [-0.1, -0.05) is 18.2 Å². The van der Waals surface area contributed by atoms with Crippen molar-refractivity contribution >= 4 is 11.8 Å². The third-order valence-corrected chi connectivity index (χ3v) is 5.54. The smallest absolute Gasteiger partial charge is 0.415 e. The van der Waals surface area contributed by atoms with Crippen LogP contribution in [0.2, 0.25) is 0 Å². The molecule has 1 atom stereocenters. The number of fused-ring (bicyclic) bond motifs is 3. The van der Waals surface area contributed by atoms with Crippen LogP contribution >= 0.6 is 0 Å². The highest BCUT2D eigenvalue weighted by atomic mass is 19.2. The van der Waals surface area contributed by atoms with Gasteiger partial charge >= 0.3 is 6.09 Å². The molecule has 2 aromatic rings. The van der Waals surface area contributed by atoms with Gasteiger partial charge in [0.25, 0.3) is 0 Å². The van der Waals surface area contributed by atoms with Crippen LogP contribution < -0.4 is 4.90 Å². The van der Waals surface area contributed by atoms with Gasteiger partial charge in [0.2, 0.25) is 0 Å². The normalized spacial score (nSPS) is 23.5. The quantitative estimate of drug-likeness (QED) is 0.779. The second-order valence-corrected chi connectivity index (χ2v) is 7.35. The molecular weight excluding hydrogens is 369 g/mol. The molecule has 0 N–H and O–H groups in total. The van der Waals surface area contributed by atoms with Crippen molar-refractivity contribution in [3.63, 3.8) is 0 Å². The first kappa shape index (κ1) is 18.8. The van der Waals surface area contributed by atoms with Gasteiger partial charge in [0.1, 0.15) is 11.9 Å². The van der Waals surface area contributed by atoms with Crippen LogP contribution in [-0.2, 0) is 11.3 Å². The number of hydrogen-bond acceptors (Lipinski definition) is 3. The zero-order chi connectivity index (χ0) is 19.7. The van der Waals surface area contributed by atoms with E-state index >= 15 is 0 Å². The number of nitrogens with zero attached hydrogens (tertiary/aromatic N) is 2. The summed E-state index contributed by atoms with van der Waals surface area (Å²) in [6.07, 6.45) is 1.02. The third-order valence-electron chi connectivity index (χ3n) is 5.54. The minimum Gasteiger partial charge on any atom is -0.444 e. The highest BCUT2D eigenvalue weighted by Gasteiger charge is 2.37. The monoisotopic (exact) mass is 390 g/mol. The van der Waals surface area contributed by atoms with Crippen LogP contribution in [-0.4, -0.2) is 36.7 Å². The highest BCUT2D eigenvalue weighted by molar-refractivity contribution is 5.87. The van der Waals surface area contributed by atoms with E-state index in [0.717, 1.165) is 43.0 Å². The van der Waals surface area contributed by atoms with Gasteiger partial charge in [0.15, 0.2) is 11.6 Å². The van der Waals surface area contributed by atoms with Crippen molar-refractivity contribution in [3.05, 3.63) is 65.5 Å². The minimum absolute atomic E-state index is 0.0403. The standard InChI is InChI=1S/C21H21F3N2O2/c22-16-6-5-14(11-18(16)24)12-26(19-4-2-1-3-17(19)23)21(27)28-20-13-25-9-7-15(20)8-10-25/h1-6,11,15,20H,7-10,12-13H2/t20-/m0/s1. The van der Waals surface area contributed by atoms with E-state index in [1.165, 1.54) is 24.3 Å². The molecule has 0 aromatic heterocycles. The number of halogens is 3. The molecule has 148 valence electrons. The molecule has 3 aliphatic rings. The first-order valence-corrected chi connectivity index (χ1v) is 9.40. The van der Waals surface area contributed by atoms with Crippen molar-refractivity contribution in [1.29, 1.82) is 0 Å². The molecule has 4 nitrogen and oxygen atoms in total. The van der Waals surface area contributed by atoms with Crippen molar-refractivity contribution < 1.29 is 22.7 Å². The Bertz CT molecular complexity index is 868. The number of amides is 1. The van der Waals surface area contributed by atoms with E-state index in [1.54, 1.807) is 6.07 Å². The van der Waals surface area contributed by atoms with E-state index in [4.69, 9.17) is 4.74 Å². The number of carbonyl (C=O) groups is 1. The Morgan fingerprint density at radius 2 is 1.79 bits per heavy atom. The van der Waals surface area contributed by atoms with Crippen LogP contribution in [0.4, 0.5) is 23.7 Å². The number of para-hydroxylation sites is 1. The molecule has 0 radical (unpaired) electrons. The Morgan fingerprint density at radius 3 is 2.43 bits per heavy atom. The summed E-state index contributed by atoms with van der Waals surface area (Å²) in [7, 11) is 0. The van der Waals surface area contributed by atoms with Crippen LogP contribution in [0.1, 0.15) is 18.4 Å². The summed E-state index contributed by atoms with van der Waals surface area (Å²) in [5, 5.41) is 0. The van der Waals surface area contributed by atoms with Crippen molar-refractivity contribution in [2.75, 3.05) is 24.5 Å². The summed E-state index contributed by atoms with van der Waals surface area (Å²) in [4.78, 5) is 16.3. The van der Waals surface area contributed by atoms with Gasteiger partial charge < -0.3 is 4.74 Å². The molecule has 3 saturated heterocycles. The van der Waals surface area contributed by atoms with Gasteiger partial charge in [-0.25, -0.2) is 18.0 Å². The molecule has 2 bridgehead atoms. The molecule has 3 aliphatic heterocycles. The largest absolute Gasteiger partial charge is 0.444 e. The maximum Gasteiger partial charge on any atom is 0.415 e. The molecule has 7 heteroatoms. The van der Waals surface area contributed by atoms with Crippen molar-refractivity contribution in [1.82, 2.24) is 4.90 Å². The lowest BCUT2D eigenvalue weighted by Gasteiger charge is -2.44. The molecule has 3 heterocycles. The molecule has 0 saturated carbocycles. The Balaban J connectivity index is 1.58. The van der Waals surface area contributed by atoms with E-state index in [9.17, 15) is 18.0 Å². The number of rotatable bonds is 4. The molecule has 28 heavy (non-hydrogen) atoms. The number of carbonyl (C=O) groups excluding carboxylic acids is 1. The lowest BCUT2D eigenvalue weighted by molar-refractivity contribution is -0.0311. The van der Waals surface area contributed by atoms with Crippen molar-refractivity contribution in [2.45, 2.75) is 25.5 Å². The molecular formula is C21H21F3N2O2. The fourth-order valence-corrected chi connectivity index (χ4v) is 3.98. The van der Waals surface area contributed by atoms with Gasteiger partial charge in [-0.05, 0) is 61.7 Å². The SMILES string of the molecule is O=C(O[C@H]1CN2CCC1CC2)N(Cc1ccc(F)c(F)c1)c1ccccc1F. The van der Waals surface area contributed by atoms with Crippen LogP contribution in [0.5, 0.6) is 0 Å². The van der Waals surface area contributed by atoms with Crippen LogP contribution in [0.15, 0.2) is 42.5 Å². The maximum absolute atomic E-state index is 14.4. The molecule has 2 aromatic carbocycles. The zero-order valence-corrected chi connectivity index (χ0v) is 15.3. The molecule has 0 aliphatic carbocycles. The summed E-state index contributed by atoms with van der Waals surface area (Å²) in [5.74, 6) is -2.27. The second-order valence-electron chi connectivity index (χ2n) is 7.35. The summed E-state index contributed by atoms with van der Waals surface area (Å²) < 4.78 is 46.9. The topological polar surface area (TPSA) is 32.8 Å². The molecule has 0 unspecified atom stereocenters. The number of benzene rings is 2. The average Bonchev–Trinajstić information content (AvgIpc) is 2.70. The first-order chi connectivity index (χ1) is 13.5. The summed E-state index contributed by atoms with van der Waals surface area (Å²) in [6, 6.07) is 9.20. The highest BCUT2D eigenvalue weighted by Crippen LogP contribution is 2.31. The molecule has 3 fully saturated rings. The lowest BCUT2D eigenvalue weighted by atomic mass is 9.86. The second kappa shape index (κ2) is 7.83. The maximum atomic E-state index is 14.4. The molecule has 1 amide bonds. The van der Waals surface area contributed by atoms with Gasteiger partial charge in [-0.3, -0.25) is 9.80 Å². The fourth-order valence-electron chi connectivity index (χ4n) is 3.98. The minimum atomic E-state index is -1.02. The number of hydrogen-bond donors (Lipinski definition) is 0. The summed E-state index contributed by atoms with van der Waals surface area (Å²) in [5.41, 5.74) is 0.381. The Morgan fingerprint density at radius 1 is 1.04 bits per heavy atom. The fraction of sp³-hybridized carbons (Fsp3) is 0.381. The van der Waals surface area contributed by atoms with Crippen molar-refractivity contribution in [3.8, 4) is 0 Å². The zero-order valence-electron chi connectivity index (χ0n) is 15.3. The third kappa shape index (κ3) is 3.85. The summed E-state index contributed by atoms with van der Waals surface area (Å²) >= 11 is 0. The van der Waals surface area contributed by atoms with Gasteiger partial charge in [0, 0.05) is 6.54 Å². The van der Waals surface area contributed by atoms with Crippen LogP contribution in [0.25, 0.3) is 0 Å². The Hall–Kier alpha value is -2.54. The van der Waals surface area contributed by atoms with E-state index in [1.807, 2.05) is 0 Å². The van der Waals surface area contributed by atoms with Crippen LogP contribution in [0, 0.1) is 23.4 Å². The van der Waals surface area contributed by atoms with E-state index in [0.29, 0.717) is 18.0 Å². The predicted molar refractivity (Wildman–Crippen MR) is 98.4 cm³/mol. The van der Waals surface area contributed by atoms with Crippen molar-refractivity contribution in [2.24, 2.45) is 5.92 Å². The Labute approximate surface area is 161 Å². The lowest BCUT2D eigenvalue weighted by Crippen LogP contribution is -2.53. The Kier molecular flexibility index (Phi) is 5.26. The average molecular weight is 390 g/mol. The van der Waals surface area contributed by atoms with E-state index in [-0.39, 0.29) is 18.3 Å². The summed E-state index contributed by atoms with van der Waals surface area (Å²) in [6.45, 7) is 2.56. The van der Waals surface area contributed by atoms with Gasteiger partial charge in [-0.2, -0.15) is 0 Å². The molecule has 5 rings (SSSR count). The first-order valence-electron chi connectivity index (χ1n) is 9.40. The van der Waals surface area contributed by atoms with E-state index < -0.39 is 23.5 Å². The van der Waals surface area contributed by atoms with Gasteiger partial charge in [0.05, 0.1) is 12.2 Å². The van der Waals surface area contributed by atoms with Gasteiger partial charge in [-0.15, -0.1) is 0 Å². The number of anilines is 1. The molecule has 0 spiro atoms.